The Kier molecular flexibility index (Phi) is 10.6. The van der Waals surface area contributed by atoms with Gasteiger partial charge in [0.2, 0.25) is 0 Å². The molecule has 0 aliphatic rings. The van der Waals surface area contributed by atoms with Crippen LogP contribution in [0.3, 0.4) is 0 Å². The van der Waals surface area contributed by atoms with Crippen LogP contribution in [-0.4, -0.2) is 29.9 Å². The van der Waals surface area contributed by atoms with Crippen LogP contribution < -0.4 is 0 Å². The summed E-state index contributed by atoms with van der Waals surface area (Å²) in [6, 6.07) is 66.2. The SMILES string of the molecule is c1ccc(C[Se]C(=C([Se]Cc2ccccc2)c2ccccc2)C(=C(c2ccccc2)c2ccccc2)c2ccccc2)cc1. The fourth-order valence-corrected chi connectivity index (χ4v) is 11.0. The second kappa shape index (κ2) is 15.5. The first-order valence-electron chi connectivity index (χ1n) is 14.9. The van der Waals surface area contributed by atoms with Crippen LogP contribution in [0.2, 0.25) is 0 Å². The number of hydrogen-bond acceptors (Lipinski definition) is 0. The molecular weight excluding hydrogens is 662 g/mol. The van der Waals surface area contributed by atoms with Gasteiger partial charge < -0.3 is 0 Å². The summed E-state index contributed by atoms with van der Waals surface area (Å²) in [7, 11) is 0. The Hall–Kier alpha value is -4.16. The zero-order chi connectivity index (χ0) is 29.8. The van der Waals surface area contributed by atoms with Crippen molar-refractivity contribution in [2.24, 2.45) is 0 Å². The minimum atomic E-state index is 0.172. The van der Waals surface area contributed by atoms with Crippen LogP contribution in [-0.2, 0) is 10.6 Å². The van der Waals surface area contributed by atoms with Crippen LogP contribution in [0.4, 0.5) is 0 Å². The number of benzene rings is 6. The maximum atomic E-state index is 2.31. The molecule has 2 heteroatoms. The Morgan fingerprint density at radius 2 is 0.682 bits per heavy atom. The third-order valence-electron chi connectivity index (χ3n) is 7.36. The molecule has 6 aromatic rings. The molecule has 6 rings (SSSR count). The minimum absolute atomic E-state index is 0.172. The molecule has 0 aliphatic heterocycles. The quantitative estimate of drug-likeness (QED) is 0.0719. The Morgan fingerprint density at radius 3 is 1.11 bits per heavy atom. The van der Waals surface area contributed by atoms with Gasteiger partial charge in [0.25, 0.3) is 0 Å². The molecule has 0 atom stereocenters. The maximum absolute atomic E-state index is 2.31. The first kappa shape index (κ1) is 29.9. The Morgan fingerprint density at radius 1 is 0.341 bits per heavy atom. The standard InChI is InChI=1S/C42H34Se2/c1-7-19-33(20-8-1)31-43-41(38-29-17-6-18-30-38)42(44-32-34-21-9-2-10-22-34)40(37-27-15-5-16-28-37)39(35-23-11-3-12-24-35)36-25-13-4-14-26-36/h1-30H,31-32H2. The summed E-state index contributed by atoms with van der Waals surface area (Å²) < 4.78 is 3.00. The van der Waals surface area contributed by atoms with Crippen molar-refractivity contribution in [2.45, 2.75) is 10.6 Å². The zero-order valence-corrected chi connectivity index (χ0v) is 28.0. The van der Waals surface area contributed by atoms with Crippen molar-refractivity contribution >= 4 is 45.5 Å². The van der Waals surface area contributed by atoms with Crippen LogP contribution in [0.5, 0.6) is 0 Å². The third kappa shape index (κ3) is 7.67. The van der Waals surface area contributed by atoms with Gasteiger partial charge in [0.05, 0.1) is 0 Å². The third-order valence-corrected chi connectivity index (χ3v) is 13.0. The second-order valence-electron chi connectivity index (χ2n) is 10.4. The van der Waals surface area contributed by atoms with Crippen molar-refractivity contribution in [3.63, 3.8) is 0 Å². The van der Waals surface area contributed by atoms with Crippen molar-refractivity contribution in [3.8, 4) is 0 Å². The first-order valence-corrected chi connectivity index (χ1v) is 19.0. The van der Waals surface area contributed by atoms with Gasteiger partial charge in [0.1, 0.15) is 0 Å². The van der Waals surface area contributed by atoms with Gasteiger partial charge in [-0.3, -0.25) is 0 Å². The molecule has 0 aromatic heterocycles. The molecule has 0 N–H and O–H groups in total. The van der Waals surface area contributed by atoms with Crippen LogP contribution in [0.15, 0.2) is 186 Å². The van der Waals surface area contributed by atoms with Crippen LogP contribution in [0.1, 0.15) is 33.4 Å². The van der Waals surface area contributed by atoms with Gasteiger partial charge in [-0.1, -0.05) is 0 Å². The molecule has 0 aliphatic carbocycles. The summed E-state index contributed by atoms with van der Waals surface area (Å²) in [6.07, 6.45) is 0. The van der Waals surface area contributed by atoms with E-state index in [1.165, 1.54) is 53.5 Å². The first-order chi connectivity index (χ1) is 21.9. The van der Waals surface area contributed by atoms with Crippen LogP contribution in [0, 0.1) is 0 Å². The number of rotatable bonds is 11. The Bertz CT molecular complexity index is 1750. The molecule has 214 valence electrons. The summed E-state index contributed by atoms with van der Waals surface area (Å²) in [5, 5.41) is 2.09. The monoisotopic (exact) mass is 698 g/mol. The predicted octanol–water partition coefficient (Wildman–Crippen LogP) is 9.82. The van der Waals surface area contributed by atoms with E-state index in [-0.39, 0.29) is 29.9 Å². The molecule has 0 unspecified atom stereocenters. The molecule has 44 heavy (non-hydrogen) atoms. The van der Waals surface area contributed by atoms with E-state index in [0.29, 0.717) is 0 Å². The number of hydrogen-bond donors (Lipinski definition) is 0. The molecular formula is C42H34Se2. The normalized spacial score (nSPS) is 11.5. The molecule has 0 radical (unpaired) electrons. The molecule has 0 amide bonds. The van der Waals surface area contributed by atoms with Crippen LogP contribution >= 0.6 is 0 Å². The van der Waals surface area contributed by atoms with Crippen LogP contribution in [0.25, 0.3) is 15.6 Å². The van der Waals surface area contributed by atoms with E-state index >= 15 is 0 Å². The van der Waals surface area contributed by atoms with Crippen molar-refractivity contribution in [1.82, 2.24) is 0 Å². The summed E-state index contributed by atoms with van der Waals surface area (Å²) in [4.78, 5) is 0. The Balaban J connectivity index is 1.66. The van der Waals surface area contributed by atoms with E-state index in [0.717, 1.165) is 10.6 Å². The average molecular weight is 697 g/mol. The van der Waals surface area contributed by atoms with Gasteiger partial charge in [0.15, 0.2) is 0 Å². The van der Waals surface area contributed by atoms with E-state index in [9.17, 15) is 0 Å². The Labute approximate surface area is 274 Å². The van der Waals surface area contributed by atoms with Gasteiger partial charge in [-0.15, -0.1) is 0 Å². The van der Waals surface area contributed by atoms with Crippen molar-refractivity contribution in [1.29, 1.82) is 0 Å². The van der Waals surface area contributed by atoms with Crippen molar-refractivity contribution < 1.29 is 0 Å². The van der Waals surface area contributed by atoms with E-state index in [1.54, 1.807) is 0 Å². The molecule has 0 nitrogen and oxygen atoms in total. The van der Waals surface area contributed by atoms with E-state index in [1.807, 2.05) is 0 Å². The van der Waals surface area contributed by atoms with Gasteiger partial charge >= 0.3 is 276 Å². The molecule has 0 fully saturated rings. The average Bonchev–Trinajstić information content (AvgIpc) is 3.11. The topological polar surface area (TPSA) is 0 Å². The predicted molar refractivity (Wildman–Crippen MR) is 190 cm³/mol. The molecule has 0 saturated heterocycles. The summed E-state index contributed by atoms with van der Waals surface area (Å²) in [6.45, 7) is 0. The van der Waals surface area contributed by atoms with Gasteiger partial charge in [-0.25, -0.2) is 0 Å². The summed E-state index contributed by atoms with van der Waals surface area (Å²) in [5.41, 5.74) is 10.5. The van der Waals surface area contributed by atoms with Gasteiger partial charge in [-0.2, -0.15) is 0 Å². The molecule has 0 bridgehead atoms. The molecule has 0 heterocycles. The fourth-order valence-electron chi connectivity index (χ4n) is 5.24. The van der Waals surface area contributed by atoms with E-state index < -0.39 is 0 Å². The molecule has 6 aromatic carbocycles. The number of allylic oxidation sites excluding steroid dienone is 2. The van der Waals surface area contributed by atoms with Crippen molar-refractivity contribution in [3.05, 3.63) is 220 Å². The zero-order valence-electron chi connectivity index (χ0n) is 24.6. The van der Waals surface area contributed by atoms with Gasteiger partial charge in [0, 0.05) is 0 Å². The summed E-state index contributed by atoms with van der Waals surface area (Å²) >= 11 is 0.389. The fraction of sp³-hybridized carbons (Fsp3) is 0.0476. The summed E-state index contributed by atoms with van der Waals surface area (Å²) in [5.74, 6) is 0. The van der Waals surface area contributed by atoms with E-state index in [4.69, 9.17) is 0 Å². The second-order valence-corrected chi connectivity index (χ2v) is 14.6. The molecule has 0 spiro atoms. The van der Waals surface area contributed by atoms with Gasteiger partial charge in [-0.05, 0) is 0 Å². The molecule has 0 saturated carbocycles. The van der Waals surface area contributed by atoms with Crippen molar-refractivity contribution in [2.75, 3.05) is 0 Å². The van der Waals surface area contributed by atoms with E-state index in [2.05, 4.69) is 182 Å².